The van der Waals surface area contributed by atoms with E-state index >= 15 is 0 Å². The van der Waals surface area contributed by atoms with E-state index in [0.29, 0.717) is 0 Å². The molecule has 0 unspecified atom stereocenters. The Bertz CT molecular complexity index is 404. The molecule has 62 valence electrons. The van der Waals surface area contributed by atoms with Crippen molar-refractivity contribution in [3.05, 3.63) is 18.7 Å². The van der Waals surface area contributed by atoms with Gasteiger partial charge in [0.05, 0.1) is 11.1 Å². The van der Waals surface area contributed by atoms with Crippen LogP contribution in [0.2, 0.25) is 0 Å². The first-order valence-electron chi connectivity index (χ1n) is 3.87. The Morgan fingerprint density at radius 1 is 1.58 bits per heavy atom. The third-order valence-corrected chi connectivity index (χ3v) is 1.91. The fourth-order valence-corrected chi connectivity index (χ4v) is 1.30. The minimum Gasteiger partial charge on any atom is -0.397 e. The minimum absolute atomic E-state index is 0.743. The number of rotatable bonds is 1. The van der Waals surface area contributed by atoms with Gasteiger partial charge in [0.15, 0.2) is 0 Å². The first kappa shape index (κ1) is 7.09. The molecule has 0 aliphatic rings. The van der Waals surface area contributed by atoms with Gasteiger partial charge in [0.1, 0.15) is 12.0 Å². The van der Waals surface area contributed by atoms with Crippen LogP contribution in [0.4, 0.5) is 5.69 Å². The number of hydrogen-bond donors (Lipinski definition) is 1. The van der Waals surface area contributed by atoms with Gasteiger partial charge in [0.2, 0.25) is 0 Å². The van der Waals surface area contributed by atoms with Gasteiger partial charge in [-0.3, -0.25) is 0 Å². The molecule has 0 bridgehead atoms. The van der Waals surface area contributed by atoms with Crippen molar-refractivity contribution in [2.45, 2.75) is 13.5 Å². The summed E-state index contributed by atoms with van der Waals surface area (Å²) in [5.74, 6) is 0. The first-order valence-corrected chi connectivity index (χ1v) is 3.87. The molecule has 2 heterocycles. The number of fused-ring (bicyclic) bond motifs is 1. The average Bonchev–Trinajstić information content (AvgIpc) is 2.44. The molecular formula is C8H10N4. The maximum atomic E-state index is 5.75. The zero-order chi connectivity index (χ0) is 8.55. The summed E-state index contributed by atoms with van der Waals surface area (Å²) < 4.78 is 2.01. The zero-order valence-corrected chi connectivity index (χ0v) is 6.86. The number of nitrogen functional groups attached to an aromatic ring is 1. The van der Waals surface area contributed by atoms with Crippen LogP contribution in [0.25, 0.3) is 11.0 Å². The van der Waals surface area contributed by atoms with Crippen LogP contribution >= 0.6 is 0 Å². The van der Waals surface area contributed by atoms with E-state index in [2.05, 4.69) is 16.9 Å². The van der Waals surface area contributed by atoms with E-state index in [-0.39, 0.29) is 0 Å². The van der Waals surface area contributed by atoms with Crippen LogP contribution in [-0.4, -0.2) is 14.5 Å². The number of hydrogen-bond acceptors (Lipinski definition) is 3. The van der Waals surface area contributed by atoms with Crippen LogP contribution in [-0.2, 0) is 6.54 Å². The summed E-state index contributed by atoms with van der Waals surface area (Å²) in [6, 6.07) is 0. The van der Waals surface area contributed by atoms with Crippen LogP contribution in [0.5, 0.6) is 0 Å². The molecule has 2 aromatic heterocycles. The third-order valence-electron chi connectivity index (χ3n) is 1.91. The summed E-state index contributed by atoms with van der Waals surface area (Å²) in [5.41, 5.74) is 7.40. The average molecular weight is 162 g/mol. The second-order valence-electron chi connectivity index (χ2n) is 2.63. The summed E-state index contributed by atoms with van der Waals surface area (Å²) >= 11 is 0. The number of aryl methyl sites for hydroxylation is 1. The van der Waals surface area contributed by atoms with Crippen LogP contribution in [0.3, 0.4) is 0 Å². The van der Waals surface area contributed by atoms with Crippen molar-refractivity contribution >= 4 is 16.7 Å². The lowest BCUT2D eigenvalue weighted by Crippen LogP contribution is -1.92. The van der Waals surface area contributed by atoms with Crippen molar-refractivity contribution in [3.8, 4) is 0 Å². The molecule has 0 aliphatic heterocycles. The second-order valence-corrected chi connectivity index (χ2v) is 2.63. The van der Waals surface area contributed by atoms with Gasteiger partial charge in [0, 0.05) is 18.9 Å². The van der Waals surface area contributed by atoms with Crippen LogP contribution in [0.15, 0.2) is 18.7 Å². The van der Waals surface area contributed by atoms with Crippen molar-refractivity contribution < 1.29 is 0 Å². The van der Waals surface area contributed by atoms with Crippen LogP contribution in [0, 0.1) is 0 Å². The molecule has 12 heavy (non-hydrogen) atoms. The summed E-state index contributed by atoms with van der Waals surface area (Å²) in [4.78, 5) is 8.06. The Balaban J connectivity index is 2.82. The van der Waals surface area contributed by atoms with E-state index in [1.807, 2.05) is 10.8 Å². The quantitative estimate of drug-likeness (QED) is 0.681. The molecule has 2 N–H and O–H groups in total. The molecule has 0 fully saturated rings. The Morgan fingerprint density at radius 3 is 3.17 bits per heavy atom. The molecule has 4 nitrogen and oxygen atoms in total. The van der Waals surface area contributed by atoms with Gasteiger partial charge in [-0.15, -0.1) is 0 Å². The van der Waals surface area contributed by atoms with Gasteiger partial charge in [-0.1, -0.05) is 0 Å². The van der Waals surface area contributed by atoms with Gasteiger partial charge < -0.3 is 10.3 Å². The van der Waals surface area contributed by atoms with E-state index in [4.69, 9.17) is 5.73 Å². The SMILES string of the molecule is CCn1cc(N)c2cncnc21. The third kappa shape index (κ3) is 0.845. The van der Waals surface area contributed by atoms with Crippen LogP contribution < -0.4 is 5.73 Å². The molecule has 0 atom stereocenters. The summed E-state index contributed by atoms with van der Waals surface area (Å²) in [6.07, 6.45) is 5.16. The number of nitrogens with two attached hydrogens (primary N) is 1. The van der Waals surface area contributed by atoms with E-state index in [9.17, 15) is 0 Å². The molecule has 2 aromatic rings. The summed E-state index contributed by atoms with van der Waals surface area (Å²) in [7, 11) is 0. The smallest absolute Gasteiger partial charge is 0.145 e. The Kier molecular flexibility index (Phi) is 1.46. The monoisotopic (exact) mass is 162 g/mol. The van der Waals surface area contributed by atoms with Gasteiger partial charge in [-0.25, -0.2) is 9.97 Å². The van der Waals surface area contributed by atoms with Gasteiger partial charge in [0.25, 0.3) is 0 Å². The van der Waals surface area contributed by atoms with Gasteiger partial charge >= 0.3 is 0 Å². The maximum absolute atomic E-state index is 5.75. The van der Waals surface area contributed by atoms with E-state index in [0.717, 1.165) is 23.3 Å². The summed E-state index contributed by atoms with van der Waals surface area (Å²) in [6.45, 7) is 2.94. The molecule has 2 rings (SSSR count). The molecule has 0 spiro atoms. The van der Waals surface area contributed by atoms with Crippen LogP contribution in [0.1, 0.15) is 6.92 Å². The lowest BCUT2D eigenvalue weighted by molar-refractivity contribution is 0.787. The summed E-state index contributed by atoms with van der Waals surface area (Å²) in [5, 5.41) is 0.930. The topological polar surface area (TPSA) is 56.7 Å². The highest BCUT2D eigenvalue weighted by atomic mass is 15.0. The molecule has 0 saturated heterocycles. The molecule has 4 heteroatoms. The van der Waals surface area contributed by atoms with Crippen molar-refractivity contribution in [1.82, 2.24) is 14.5 Å². The van der Waals surface area contributed by atoms with E-state index in [1.54, 1.807) is 6.20 Å². The zero-order valence-electron chi connectivity index (χ0n) is 6.86. The fraction of sp³-hybridized carbons (Fsp3) is 0.250. The predicted molar refractivity (Wildman–Crippen MR) is 47.6 cm³/mol. The number of nitrogens with zero attached hydrogens (tertiary/aromatic N) is 3. The second kappa shape index (κ2) is 2.48. The lowest BCUT2D eigenvalue weighted by Gasteiger charge is -1.96. The molecular weight excluding hydrogens is 152 g/mol. The Morgan fingerprint density at radius 2 is 2.42 bits per heavy atom. The largest absolute Gasteiger partial charge is 0.397 e. The number of anilines is 1. The Hall–Kier alpha value is -1.58. The molecule has 0 aliphatic carbocycles. The highest BCUT2D eigenvalue weighted by Crippen LogP contribution is 2.19. The van der Waals surface area contributed by atoms with Crippen molar-refractivity contribution in [3.63, 3.8) is 0 Å². The maximum Gasteiger partial charge on any atom is 0.145 e. The van der Waals surface area contributed by atoms with Crippen molar-refractivity contribution in [1.29, 1.82) is 0 Å². The van der Waals surface area contributed by atoms with Crippen molar-refractivity contribution in [2.24, 2.45) is 0 Å². The molecule has 0 saturated carbocycles. The molecule has 0 amide bonds. The minimum atomic E-state index is 0.743. The van der Waals surface area contributed by atoms with Crippen molar-refractivity contribution in [2.75, 3.05) is 5.73 Å². The molecule has 0 radical (unpaired) electrons. The van der Waals surface area contributed by atoms with Gasteiger partial charge in [-0.05, 0) is 6.92 Å². The van der Waals surface area contributed by atoms with E-state index in [1.165, 1.54) is 6.33 Å². The first-order chi connectivity index (χ1) is 5.83. The fourth-order valence-electron chi connectivity index (χ4n) is 1.30. The standard InChI is InChI=1S/C8H10N4/c1-2-12-4-7(9)6-3-10-5-11-8(6)12/h3-5H,2,9H2,1H3. The van der Waals surface area contributed by atoms with Gasteiger partial charge in [-0.2, -0.15) is 0 Å². The van der Waals surface area contributed by atoms with E-state index < -0.39 is 0 Å². The number of aromatic nitrogens is 3. The highest BCUT2D eigenvalue weighted by molar-refractivity contribution is 5.88. The lowest BCUT2D eigenvalue weighted by atomic mass is 10.4. The highest BCUT2D eigenvalue weighted by Gasteiger charge is 2.04. The Labute approximate surface area is 70.0 Å². The normalized spacial score (nSPS) is 10.8. The molecule has 0 aromatic carbocycles. The predicted octanol–water partition coefficient (Wildman–Crippen LogP) is 1.03.